The molecule has 1 aromatic rings. The molecule has 1 heterocycles. The summed E-state index contributed by atoms with van der Waals surface area (Å²) in [6.07, 6.45) is 3.90. The van der Waals surface area contributed by atoms with Crippen LogP contribution in [0.15, 0.2) is 35.0 Å². The highest BCUT2D eigenvalue weighted by Crippen LogP contribution is 2.05. The summed E-state index contributed by atoms with van der Waals surface area (Å²) in [4.78, 5) is 8.79. The van der Waals surface area contributed by atoms with Gasteiger partial charge in [0.1, 0.15) is 0 Å². The fourth-order valence-corrected chi connectivity index (χ4v) is 1.32. The van der Waals surface area contributed by atoms with Crippen molar-refractivity contribution in [1.29, 1.82) is 0 Å². The first-order chi connectivity index (χ1) is 7.13. The third-order valence-corrected chi connectivity index (χ3v) is 1.93. The fraction of sp³-hybridized carbons (Fsp3) is 0.385. The van der Waals surface area contributed by atoms with Crippen molar-refractivity contribution in [3.63, 3.8) is 0 Å². The summed E-state index contributed by atoms with van der Waals surface area (Å²) in [6, 6.07) is 4.06. The van der Waals surface area contributed by atoms with E-state index in [-0.39, 0.29) is 0 Å². The van der Waals surface area contributed by atoms with Crippen LogP contribution in [0.4, 0.5) is 0 Å². The van der Waals surface area contributed by atoms with Gasteiger partial charge in [-0.05, 0) is 51.5 Å². The zero-order chi connectivity index (χ0) is 11.3. The smallest absolute Gasteiger partial charge is 0.0884 e. The number of allylic oxidation sites excluding steroid dienone is 2. The molecule has 0 saturated carbocycles. The van der Waals surface area contributed by atoms with Gasteiger partial charge in [0.25, 0.3) is 0 Å². The molecule has 0 N–H and O–H groups in total. The molecule has 15 heavy (non-hydrogen) atoms. The average molecular weight is 202 g/mol. The van der Waals surface area contributed by atoms with Gasteiger partial charge in [-0.15, -0.1) is 0 Å². The summed E-state index contributed by atoms with van der Waals surface area (Å²) in [7, 11) is 0. The molecule has 0 unspecified atom stereocenters. The molecule has 0 aliphatic heterocycles. The topological polar surface area (TPSA) is 25.2 Å². The first-order valence-electron chi connectivity index (χ1n) is 5.26. The monoisotopic (exact) mass is 202 g/mol. The standard InChI is InChI=1S/C13H18N2/c1-5-14-12(8-10(2)3)13-9-11(4)6-7-15-13/h6-9H,5H2,1-4H3. The predicted octanol–water partition coefficient (Wildman–Crippen LogP) is 3.17. The summed E-state index contributed by atoms with van der Waals surface area (Å²) in [5.41, 5.74) is 4.38. The first kappa shape index (κ1) is 11.6. The molecule has 0 fully saturated rings. The van der Waals surface area contributed by atoms with Crippen LogP contribution in [0, 0.1) is 6.92 Å². The Kier molecular flexibility index (Phi) is 4.22. The molecule has 2 nitrogen and oxygen atoms in total. The minimum Gasteiger partial charge on any atom is -0.283 e. The molecule has 0 amide bonds. The molecule has 0 aliphatic carbocycles. The lowest BCUT2D eigenvalue weighted by Gasteiger charge is -2.02. The Balaban J connectivity index is 3.11. The van der Waals surface area contributed by atoms with Gasteiger partial charge in [0.2, 0.25) is 0 Å². The van der Waals surface area contributed by atoms with Gasteiger partial charge in [0.05, 0.1) is 11.4 Å². The van der Waals surface area contributed by atoms with Crippen LogP contribution < -0.4 is 0 Å². The van der Waals surface area contributed by atoms with Crippen molar-refractivity contribution in [3.8, 4) is 0 Å². The summed E-state index contributed by atoms with van der Waals surface area (Å²) in [5.74, 6) is 0. The van der Waals surface area contributed by atoms with Gasteiger partial charge in [0, 0.05) is 12.7 Å². The van der Waals surface area contributed by atoms with Crippen molar-refractivity contribution in [3.05, 3.63) is 41.2 Å². The second-order valence-electron chi connectivity index (χ2n) is 3.80. The molecule has 1 aromatic heterocycles. The van der Waals surface area contributed by atoms with Crippen LogP contribution in [0.3, 0.4) is 0 Å². The molecule has 0 aromatic carbocycles. The first-order valence-corrected chi connectivity index (χ1v) is 5.26. The molecule has 2 heteroatoms. The van der Waals surface area contributed by atoms with Crippen molar-refractivity contribution in [1.82, 2.24) is 4.98 Å². The van der Waals surface area contributed by atoms with Crippen molar-refractivity contribution in [2.75, 3.05) is 6.54 Å². The molecule has 80 valence electrons. The molecule has 0 saturated heterocycles. The van der Waals surface area contributed by atoms with E-state index in [4.69, 9.17) is 0 Å². The van der Waals surface area contributed by atoms with Gasteiger partial charge in [0.15, 0.2) is 0 Å². The Morgan fingerprint density at radius 3 is 2.73 bits per heavy atom. The average Bonchev–Trinajstić information content (AvgIpc) is 2.16. The van der Waals surface area contributed by atoms with E-state index in [0.29, 0.717) is 0 Å². The number of rotatable bonds is 3. The van der Waals surface area contributed by atoms with Crippen LogP contribution in [0.25, 0.3) is 0 Å². The van der Waals surface area contributed by atoms with Gasteiger partial charge in [-0.1, -0.05) is 5.57 Å². The fourth-order valence-electron chi connectivity index (χ4n) is 1.32. The van der Waals surface area contributed by atoms with Crippen LogP contribution >= 0.6 is 0 Å². The number of hydrogen-bond acceptors (Lipinski definition) is 2. The maximum atomic E-state index is 4.45. The highest BCUT2D eigenvalue weighted by molar-refractivity contribution is 6.07. The third-order valence-electron chi connectivity index (χ3n) is 1.93. The van der Waals surface area contributed by atoms with Crippen molar-refractivity contribution < 1.29 is 0 Å². The predicted molar refractivity (Wildman–Crippen MR) is 65.5 cm³/mol. The maximum Gasteiger partial charge on any atom is 0.0884 e. The largest absolute Gasteiger partial charge is 0.283 e. The van der Waals surface area contributed by atoms with E-state index in [2.05, 4.69) is 42.9 Å². The van der Waals surface area contributed by atoms with Crippen LogP contribution in [0.2, 0.25) is 0 Å². The maximum absolute atomic E-state index is 4.45. The van der Waals surface area contributed by atoms with E-state index in [1.807, 2.05) is 19.2 Å². The second-order valence-corrected chi connectivity index (χ2v) is 3.80. The molecule has 0 aliphatic rings. The molecule has 0 bridgehead atoms. The quantitative estimate of drug-likeness (QED) is 0.691. The van der Waals surface area contributed by atoms with Gasteiger partial charge < -0.3 is 0 Å². The summed E-state index contributed by atoms with van der Waals surface area (Å²) >= 11 is 0. The van der Waals surface area contributed by atoms with Gasteiger partial charge in [-0.3, -0.25) is 9.98 Å². The Labute approximate surface area is 91.8 Å². The summed E-state index contributed by atoms with van der Waals surface area (Å²) in [5, 5.41) is 0. The summed E-state index contributed by atoms with van der Waals surface area (Å²) in [6.45, 7) is 9.03. The minimum atomic E-state index is 0.786. The van der Waals surface area contributed by atoms with Crippen LogP contribution in [-0.4, -0.2) is 17.2 Å². The Bertz CT molecular complexity index is 385. The third kappa shape index (κ3) is 3.66. The zero-order valence-corrected chi connectivity index (χ0v) is 9.91. The molecule has 0 radical (unpaired) electrons. The number of aryl methyl sites for hydroxylation is 1. The lowest BCUT2D eigenvalue weighted by atomic mass is 10.1. The van der Waals surface area contributed by atoms with Gasteiger partial charge >= 0.3 is 0 Å². The highest BCUT2D eigenvalue weighted by Gasteiger charge is 2.01. The van der Waals surface area contributed by atoms with Crippen LogP contribution in [0.1, 0.15) is 32.0 Å². The number of nitrogens with zero attached hydrogens (tertiary/aromatic N) is 2. The summed E-state index contributed by atoms with van der Waals surface area (Å²) < 4.78 is 0. The minimum absolute atomic E-state index is 0.786. The number of pyridine rings is 1. The highest BCUT2D eigenvalue weighted by atomic mass is 14.8. The Morgan fingerprint density at radius 1 is 1.47 bits per heavy atom. The Morgan fingerprint density at radius 2 is 2.20 bits per heavy atom. The van der Waals surface area contributed by atoms with Crippen molar-refractivity contribution >= 4 is 5.71 Å². The van der Waals surface area contributed by atoms with Crippen LogP contribution in [-0.2, 0) is 0 Å². The van der Waals surface area contributed by atoms with Gasteiger partial charge in [-0.25, -0.2) is 0 Å². The SMILES string of the molecule is CCN=C(C=C(C)C)c1cc(C)ccn1. The molecular weight excluding hydrogens is 184 g/mol. The van der Waals surface area contributed by atoms with Crippen molar-refractivity contribution in [2.45, 2.75) is 27.7 Å². The Hall–Kier alpha value is -1.44. The van der Waals surface area contributed by atoms with E-state index in [1.165, 1.54) is 11.1 Å². The van der Waals surface area contributed by atoms with Crippen LogP contribution in [0.5, 0.6) is 0 Å². The van der Waals surface area contributed by atoms with E-state index < -0.39 is 0 Å². The van der Waals surface area contributed by atoms with E-state index in [1.54, 1.807) is 0 Å². The lowest BCUT2D eigenvalue weighted by Crippen LogP contribution is -2.02. The molecular formula is C13H18N2. The molecule has 1 rings (SSSR count). The molecule has 0 atom stereocenters. The number of aliphatic imine (C=N–C) groups is 1. The van der Waals surface area contributed by atoms with E-state index in [9.17, 15) is 0 Å². The van der Waals surface area contributed by atoms with E-state index in [0.717, 1.165) is 18.0 Å². The van der Waals surface area contributed by atoms with Gasteiger partial charge in [-0.2, -0.15) is 0 Å². The normalized spacial score (nSPS) is 11.3. The number of aromatic nitrogens is 1. The zero-order valence-electron chi connectivity index (χ0n) is 9.91. The second kappa shape index (κ2) is 5.44. The lowest BCUT2D eigenvalue weighted by molar-refractivity contribution is 1.12. The van der Waals surface area contributed by atoms with E-state index >= 15 is 0 Å². The molecule has 0 spiro atoms. The van der Waals surface area contributed by atoms with Crippen molar-refractivity contribution in [2.24, 2.45) is 4.99 Å². The number of hydrogen-bond donors (Lipinski definition) is 0.